The number of alkyl halides is 3. The Morgan fingerprint density at radius 1 is 1.24 bits per heavy atom. The molecule has 0 saturated heterocycles. The average Bonchev–Trinajstić information content (AvgIpc) is 2.97. The fourth-order valence-electron chi connectivity index (χ4n) is 1.51. The van der Waals surface area contributed by atoms with Crippen LogP contribution < -0.4 is 10.1 Å². The van der Waals surface area contributed by atoms with Gasteiger partial charge in [0.2, 0.25) is 6.39 Å². The summed E-state index contributed by atoms with van der Waals surface area (Å²) in [5, 5.41) is 9.25. The maximum absolute atomic E-state index is 12.2. The summed E-state index contributed by atoms with van der Waals surface area (Å²) >= 11 is 5.69. The lowest BCUT2D eigenvalue weighted by atomic mass is 10.3. The zero-order valence-corrected chi connectivity index (χ0v) is 10.6. The van der Waals surface area contributed by atoms with Crippen LogP contribution in [-0.2, 0) is 0 Å². The van der Waals surface area contributed by atoms with Crippen molar-refractivity contribution >= 4 is 34.7 Å². The van der Waals surface area contributed by atoms with Gasteiger partial charge < -0.3 is 13.6 Å². The number of benzene rings is 1. The SMILES string of the molecule is FC(F)(F)Oc1cc2oc(Nc3nnco3)nc2cc1Cl. The molecular weight excluding hydrogens is 317 g/mol. The second-order valence-electron chi connectivity index (χ2n) is 3.69. The molecule has 7 nitrogen and oxygen atoms in total. The fourth-order valence-corrected chi connectivity index (χ4v) is 1.70. The van der Waals surface area contributed by atoms with Crippen molar-refractivity contribution < 1.29 is 26.7 Å². The van der Waals surface area contributed by atoms with Crippen molar-refractivity contribution in [2.75, 3.05) is 5.32 Å². The van der Waals surface area contributed by atoms with Crippen LogP contribution in [0.1, 0.15) is 0 Å². The first-order valence-corrected chi connectivity index (χ1v) is 5.67. The number of nitrogens with zero attached hydrogens (tertiary/aromatic N) is 3. The standard InChI is InChI=1S/C10H4ClF3N4O3/c11-4-1-5-7(2-6(4)21-10(12,13)14)20-8(16-5)17-9-18-15-3-19-9/h1-3H,(H,16,17,18). The molecule has 0 bridgehead atoms. The summed E-state index contributed by atoms with van der Waals surface area (Å²) in [6.45, 7) is 0. The molecule has 2 heterocycles. The second-order valence-corrected chi connectivity index (χ2v) is 4.09. The summed E-state index contributed by atoms with van der Waals surface area (Å²) in [5.41, 5.74) is 0.275. The fraction of sp³-hybridized carbons (Fsp3) is 0.100. The molecule has 0 atom stereocenters. The Bertz CT molecular complexity index is 772. The van der Waals surface area contributed by atoms with Gasteiger partial charge in [0.1, 0.15) is 5.52 Å². The van der Waals surface area contributed by atoms with Crippen LogP contribution in [-0.4, -0.2) is 21.5 Å². The first kappa shape index (κ1) is 13.5. The highest BCUT2D eigenvalue weighted by Crippen LogP contribution is 2.35. The van der Waals surface area contributed by atoms with Gasteiger partial charge >= 0.3 is 18.4 Å². The van der Waals surface area contributed by atoms with E-state index in [4.69, 9.17) is 20.4 Å². The van der Waals surface area contributed by atoms with E-state index in [2.05, 4.69) is 25.2 Å². The Morgan fingerprint density at radius 2 is 2.05 bits per heavy atom. The summed E-state index contributed by atoms with van der Waals surface area (Å²) < 4.78 is 50.4. The number of nitrogens with one attached hydrogen (secondary N) is 1. The van der Waals surface area contributed by atoms with Gasteiger partial charge in [0.15, 0.2) is 11.3 Å². The lowest BCUT2D eigenvalue weighted by molar-refractivity contribution is -0.274. The van der Waals surface area contributed by atoms with E-state index in [9.17, 15) is 13.2 Å². The number of hydrogen-bond donors (Lipinski definition) is 1. The monoisotopic (exact) mass is 320 g/mol. The predicted octanol–water partition coefficient (Wildman–Crippen LogP) is 3.51. The van der Waals surface area contributed by atoms with Gasteiger partial charge in [-0.2, -0.15) is 4.98 Å². The van der Waals surface area contributed by atoms with Crippen molar-refractivity contribution in [3.8, 4) is 5.75 Å². The molecule has 0 radical (unpaired) electrons. The topological polar surface area (TPSA) is 86.2 Å². The van der Waals surface area contributed by atoms with Gasteiger partial charge in [0.05, 0.1) is 5.02 Å². The summed E-state index contributed by atoms with van der Waals surface area (Å²) in [5.74, 6) is -0.586. The highest BCUT2D eigenvalue weighted by Gasteiger charge is 2.32. The molecule has 1 aromatic carbocycles. The molecule has 110 valence electrons. The van der Waals surface area contributed by atoms with Crippen molar-refractivity contribution in [2.45, 2.75) is 6.36 Å². The van der Waals surface area contributed by atoms with E-state index in [0.717, 1.165) is 12.5 Å². The van der Waals surface area contributed by atoms with Crippen molar-refractivity contribution in [2.24, 2.45) is 0 Å². The molecule has 0 unspecified atom stereocenters. The minimum Gasteiger partial charge on any atom is -0.423 e. The van der Waals surface area contributed by atoms with Gasteiger partial charge in [-0.15, -0.1) is 18.3 Å². The molecule has 0 fully saturated rings. The van der Waals surface area contributed by atoms with E-state index in [0.29, 0.717) is 0 Å². The highest BCUT2D eigenvalue weighted by atomic mass is 35.5. The Balaban J connectivity index is 1.94. The van der Waals surface area contributed by atoms with Crippen LogP contribution in [0, 0.1) is 0 Å². The molecule has 0 saturated carbocycles. The molecule has 0 spiro atoms. The minimum absolute atomic E-state index is 0.0134. The average molecular weight is 321 g/mol. The summed E-state index contributed by atoms with van der Waals surface area (Å²) in [7, 11) is 0. The number of rotatable bonds is 3. The maximum Gasteiger partial charge on any atom is 0.573 e. The third kappa shape index (κ3) is 2.99. The first-order chi connectivity index (χ1) is 9.90. The summed E-state index contributed by atoms with van der Waals surface area (Å²) in [4.78, 5) is 3.96. The number of aromatic nitrogens is 3. The lowest BCUT2D eigenvalue weighted by Crippen LogP contribution is -2.17. The van der Waals surface area contributed by atoms with Crippen LogP contribution in [0.3, 0.4) is 0 Å². The van der Waals surface area contributed by atoms with Crippen LogP contribution in [0.2, 0.25) is 5.02 Å². The van der Waals surface area contributed by atoms with Gasteiger partial charge in [-0.25, -0.2) is 0 Å². The van der Waals surface area contributed by atoms with Crippen molar-refractivity contribution in [1.29, 1.82) is 0 Å². The first-order valence-electron chi connectivity index (χ1n) is 5.30. The van der Waals surface area contributed by atoms with Gasteiger partial charge in [0.25, 0.3) is 0 Å². The normalized spacial score (nSPS) is 11.8. The molecule has 21 heavy (non-hydrogen) atoms. The highest BCUT2D eigenvalue weighted by molar-refractivity contribution is 6.32. The van der Waals surface area contributed by atoms with Crippen LogP contribution in [0.25, 0.3) is 11.1 Å². The Hall–Kier alpha value is -2.49. The van der Waals surface area contributed by atoms with E-state index >= 15 is 0 Å². The maximum atomic E-state index is 12.2. The largest absolute Gasteiger partial charge is 0.573 e. The smallest absolute Gasteiger partial charge is 0.423 e. The molecule has 2 aromatic heterocycles. The number of fused-ring (bicyclic) bond motifs is 1. The van der Waals surface area contributed by atoms with Crippen LogP contribution in [0.5, 0.6) is 5.75 Å². The number of anilines is 2. The molecule has 0 aliphatic heterocycles. The van der Waals surface area contributed by atoms with E-state index < -0.39 is 12.1 Å². The molecule has 0 amide bonds. The van der Waals surface area contributed by atoms with Gasteiger partial charge in [-0.05, 0) is 6.07 Å². The number of hydrogen-bond acceptors (Lipinski definition) is 7. The van der Waals surface area contributed by atoms with Crippen molar-refractivity contribution in [3.63, 3.8) is 0 Å². The van der Waals surface area contributed by atoms with E-state index in [-0.39, 0.29) is 28.2 Å². The number of ether oxygens (including phenoxy) is 1. The summed E-state index contributed by atoms with van der Waals surface area (Å²) in [6, 6.07) is 2.13. The van der Waals surface area contributed by atoms with Gasteiger partial charge in [-0.3, -0.25) is 5.32 Å². The number of halogens is 4. The van der Waals surface area contributed by atoms with Gasteiger partial charge in [-0.1, -0.05) is 16.7 Å². The van der Waals surface area contributed by atoms with Gasteiger partial charge in [0, 0.05) is 6.07 Å². The quantitative estimate of drug-likeness (QED) is 0.790. The van der Waals surface area contributed by atoms with E-state index in [1.54, 1.807) is 0 Å². The zero-order chi connectivity index (χ0) is 15.0. The summed E-state index contributed by atoms with van der Waals surface area (Å²) in [6.07, 6.45) is -3.78. The molecule has 11 heteroatoms. The molecule has 3 aromatic rings. The third-order valence-electron chi connectivity index (χ3n) is 2.24. The Labute approximate surface area is 118 Å². The van der Waals surface area contributed by atoms with E-state index in [1.165, 1.54) is 6.07 Å². The molecule has 0 aliphatic carbocycles. The Kier molecular flexibility index (Phi) is 3.09. The van der Waals surface area contributed by atoms with E-state index in [1.807, 2.05) is 0 Å². The zero-order valence-electron chi connectivity index (χ0n) is 9.81. The predicted molar refractivity (Wildman–Crippen MR) is 63.3 cm³/mol. The lowest BCUT2D eigenvalue weighted by Gasteiger charge is -2.09. The second kappa shape index (κ2) is 4.81. The molecule has 3 rings (SSSR count). The van der Waals surface area contributed by atoms with Crippen molar-refractivity contribution in [1.82, 2.24) is 15.2 Å². The Morgan fingerprint density at radius 3 is 2.71 bits per heavy atom. The minimum atomic E-state index is -4.86. The van der Waals surface area contributed by atoms with Crippen LogP contribution >= 0.6 is 11.6 Å². The third-order valence-corrected chi connectivity index (χ3v) is 2.54. The molecular formula is C10H4ClF3N4O3. The van der Waals surface area contributed by atoms with Crippen LogP contribution in [0.15, 0.2) is 27.4 Å². The number of oxazole rings is 1. The van der Waals surface area contributed by atoms with Crippen molar-refractivity contribution in [3.05, 3.63) is 23.5 Å². The molecule has 1 N–H and O–H groups in total. The van der Waals surface area contributed by atoms with Crippen LogP contribution in [0.4, 0.5) is 25.2 Å². The molecule has 0 aliphatic rings.